The average molecular weight is 516 g/mol. The topological polar surface area (TPSA) is 54.3 Å². The molecule has 2 heterocycles. The molecule has 0 radical (unpaired) electrons. The Morgan fingerprint density at radius 3 is 2.36 bits per heavy atom. The Balaban J connectivity index is 1.57. The Kier molecular flexibility index (Phi) is 5.66. The third-order valence-corrected chi connectivity index (χ3v) is 6.31. The van der Waals surface area contributed by atoms with Crippen molar-refractivity contribution in [3.63, 3.8) is 0 Å². The van der Waals surface area contributed by atoms with Gasteiger partial charge in [-0.25, -0.2) is 0 Å². The molecular formula is C26H18BrN3O2S. The van der Waals surface area contributed by atoms with E-state index < -0.39 is 11.8 Å². The van der Waals surface area contributed by atoms with Gasteiger partial charge in [0.25, 0.3) is 11.8 Å². The Labute approximate surface area is 204 Å². The number of benzene rings is 3. The second kappa shape index (κ2) is 8.77. The van der Waals surface area contributed by atoms with Gasteiger partial charge in [0.15, 0.2) is 5.11 Å². The van der Waals surface area contributed by atoms with Crippen molar-refractivity contribution in [2.45, 2.75) is 6.54 Å². The summed E-state index contributed by atoms with van der Waals surface area (Å²) in [5.74, 6) is -0.954. The van der Waals surface area contributed by atoms with Crippen LogP contribution in [0.25, 0.3) is 17.0 Å². The molecule has 0 aliphatic carbocycles. The number of carbonyl (C=O) groups is 2. The molecule has 5 rings (SSSR count). The fourth-order valence-corrected chi connectivity index (χ4v) is 4.48. The zero-order chi connectivity index (χ0) is 22.9. The second-order valence-corrected chi connectivity index (χ2v) is 8.95. The molecule has 1 saturated heterocycles. The molecule has 1 N–H and O–H groups in total. The van der Waals surface area contributed by atoms with Crippen molar-refractivity contribution in [2.75, 3.05) is 4.90 Å². The van der Waals surface area contributed by atoms with Gasteiger partial charge in [-0.1, -0.05) is 64.5 Å². The Bertz CT molecular complexity index is 1430. The predicted octanol–water partition coefficient (Wildman–Crippen LogP) is 5.28. The highest BCUT2D eigenvalue weighted by Crippen LogP contribution is 2.28. The molecule has 1 aromatic heterocycles. The number of nitrogens with zero attached hydrogens (tertiary/aromatic N) is 2. The summed E-state index contributed by atoms with van der Waals surface area (Å²) in [6, 6.07) is 25.3. The number of nitrogens with one attached hydrogen (secondary N) is 1. The fourth-order valence-electron chi connectivity index (χ4n) is 3.94. The molecule has 0 spiro atoms. The first-order valence-electron chi connectivity index (χ1n) is 10.3. The zero-order valence-corrected chi connectivity index (χ0v) is 19.8. The largest absolute Gasteiger partial charge is 0.342 e. The van der Waals surface area contributed by atoms with Gasteiger partial charge in [-0.3, -0.25) is 19.8 Å². The summed E-state index contributed by atoms with van der Waals surface area (Å²) in [4.78, 5) is 27.5. The second-order valence-electron chi connectivity index (χ2n) is 7.65. The van der Waals surface area contributed by atoms with E-state index in [4.69, 9.17) is 12.2 Å². The number of carbonyl (C=O) groups excluding carboxylic acids is 2. The van der Waals surface area contributed by atoms with E-state index in [2.05, 4.69) is 37.9 Å². The lowest BCUT2D eigenvalue weighted by Crippen LogP contribution is -2.54. The molecular weight excluding hydrogens is 498 g/mol. The number of fused-ring (bicyclic) bond motifs is 1. The quantitative estimate of drug-likeness (QED) is 0.228. The predicted molar refractivity (Wildman–Crippen MR) is 138 cm³/mol. The molecule has 2 amide bonds. The number of para-hydroxylation sites is 1. The highest BCUT2D eigenvalue weighted by Gasteiger charge is 2.34. The molecule has 7 heteroatoms. The monoisotopic (exact) mass is 515 g/mol. The van der Waals surface area contributed by atoms with E-state index in [1.165, 1.54) is 4.90 Å². The van der Waals surface area contributed by atoms with Crippen LogP contribution in [0.3, 0.4) is 0 Å². The van der Waals surface area contributed by atoms with Crippen molar-refractivity contribution in [3.8, 4) is 0 Å². The molecule has 5 nitrogen and oxygen atoms in total. The molecule has 0 unspecified atom stereocenters. The first-order valence-corrected chi connectivity index (χ1v) is 11.5. The van der Waals surface area contributed by atoms with Crippen LogP contribution in [-0.4, -0.2) is 21.5 Å². The Morgan fingerprint density at radius 1 is 0.909 bits per heavy atom. The Morgan fingerprint density at radius 2 is 1.61 bits per heavy atom. The van der Waals surface area contributed by atoms with Crippen LogP contribution in [0.1, 0.15) is 11.1 Å². The maximum atomic E-state index is 13.4. The maximum absolute atomic E-state index is 13.4. The van der Waals surface area contributed by atoms with E-state index in [1.807, 2.05) is 60.8 Å². The van der Waals surface area contributed by atoms with E-state index >= 15 is 0 Å². The van der Waals surface area contributed by atoms with Crippen molar-refractivity contribution < 1.29 is 9.59 Å². The summed E-state index contributed by atoms with van der Waals surface area (Å²) in [5, 5.41) is 3.68. The van der Waals surface area contributed by atoms with E-state index in [-0.39, 0.29) is 10.7 Å². The minimum atomic E-state index is -0.502. The van der Waals surface area contributed by atoms with Crippen LogP contribution in [0.2, 0.25) is 0 Å². The van der Waals surface area contributed by atoms with Crippen molar-refractivity contribution in [2.24, 2.45) is 0 Å². The number of amides is 2. The standard InChI is InChI=1S/C26H18BrN3O2S/c27-19-10-12-20(13-11-19)30-25(32)22(24(31)28-26(30)33)14-18-16-29(15-17-6-2-1-3-7-17)23-9-5-4-8-21(18)23/h1-14,16H,15H2,(H,28,31,33)/b22-14+. The van der Waals surface area contributed by atoms with Gasteiger partial charge < -0.3 is 4.57 Å². The number of rotatable bonds is 4. The summed E-state index contributed by atoms with van der Waals surface area (Å²) < 4.78 is 3.01. The van der Waals surface area contributed by atoms with E-state index in [0.29, 0.717) is 12.2 Å². The van der Waals surface area contributed by atoms with E-state index in [1.54, 1.807) is 18.2 Å². The van der Waals surface area contributed by atoms with Gasteiger partial charge in [0.1, 0.15) is 5.57 Å². The number of halogens is 1. The zero-order valence-electron chi connectivity index (χ0n) is 17.4. The molecule has 162 valence electrons. The number of thiocarbonyl (C=S) groups is 1. The van der Waals surface area contributed by atoms with Gasteiger partial charge in [0.05, 0.1) is 5.69 Å². The van der Waals surface area contributed by atoms with Crippen LogP contribution in [0.5, 0.6) is 0 Å². The highest BCUT2D eigenvalue weighted by atomic mass is 79.9. The smallest absolute Gasteiger partial charge is 0.270 e. The van der Waals surface area contributed by atoms with Crippen molar-refractivity contribution in [3.05, 3.63) is 106 Å². The van der Waals surface area contributed by atoms with Gasteiger partial charge in [-0.05, 0) is 54.2 Å². The number of hydrogen-bond donors (Lipinski definition) is 1. The Hall–Kier alpha value is -3.55. The van der Waals surface area contributed by atoms with Crippen LogP contribution >= 0.6 is 28.1 Å². The average Bonchev–Trinajstić information content (AvgIpc) is 3.16. The fraction of sp³-hybridized carbons (Fsp3) is 0.0385. The summed E-state index contributed by atoms with van der Waals surface area (Å²) in [7, 11) is 0. The van der Waals surface area contributed by atoms with Crippen molar-refractivity contribution in [1.82, 2.24) is 9.88 Å². The van der Waals surface area contributed by atoms with E-state index in [0.717, 1.165) is 26.5 Å². The molecule has 33 heavy (non-hydrogen) atoms. The molecule has 0 atom stereocenters. The SMILES string of the molecule is O=C1NC(=S)N(c2ccc(Br)cc2)C(=O)/C1=C/c1cn(Cc2ccccc2)c2ccccc12. The van der Waals surface area contributed by atoms with Gasteiger partial charge >= 0.3 is 0 Å². The van der Waals surface area contributed by atoms with Gasteiger partial charge in [-0.2, -0.15) is 0 Å². The van der Waals surface area contributed by atoms with Gasteiger partial charge in [0.2, 0.25) is 0 Å². The number of anilines is 1. The third-order valence-electron chi connectivity index (χ3n) is 5.50. The lowest BCUT2D eigenvalue weighted by molar-refractivity contribution is -0.122. The lowest BCUT2D eigenvalue weighted by atomic mass is 10.1. The number of hydrogen-bond acceptors (Lipinski definition) is 3. The molecule has 0 bridgehead atoms. The van der Waals surface area contributed by atoms with Crippen LogP contribution < -0.4 is 10.2 Å². The highest BCUT2D eigenvalue weighted by molar-refractivity contribution is 9.10. The minimum absolute atomic E-state index is 0.0362. The normalized spacial score (nSPS) is 15.4. The summed E-state index contributed by atoms with van der Waals surface area (Å²) in [5.41, 5.74) is 3.61. The summed E-state index contributed by atoms with van der Waals surface area (Å²) in [6.45, 7) is 0.680. The van der Waals surface area contributed by atoms with Crippen molar-refractivity contribution >= 4 is 67.7 Å². The van der Waals surface area contributed by atoms with Gasteiger partial charge in [-0.15, -0.1) is 0 Å². The minimum Gasteiger partial charge on any atom is -0.342 e. The molecule has 1 aliphatic heterocycles. The maximum Gasteiger partial charge on any atom is 0.270 e. The first-order chi connectivity index (χ1) is 16.0. The lowest BCUT2D eigenvalue weighted by Gasteiger charge is -2.28. The van der Waals surface area contributed by atoms with Crippen LogP contribution in [-0.2, 0) is 16.1 Å². The van der Waals surface area contributed by atoms with Crippen LogP contribution in [0, 0.1) is 0 Å². The summed E-state index contributed by atoms with van der Waals surface area (Å²) >= 11 is 8.69. The van der Waals surface area contributed by atoms with Crippen LogP contribution in [0.15, 0.2) is 95.1 Å². The summed E-state index contributed by atoms with van der Waals surface area (Å²) in [6.07, 6.45) is 3.62. The molecule has 0 saturated carbocycles. The molecule has 4 aromatic rings. The molecule has 1 aliphatic rings. The number of aromatic nitrogens is 1. The molecule has 1 fully saturated rings. The third kappa shape index (κ3) is 4.13. The molecule has 3 aromatic carbocycles. The van der Waals surface area contributed by atoms with E-state index in [9.17, 15) is 9.59 Å². The van der Waals surface area contributed by atoms with Crippen molar-refractivity contribution in [1.29, 1.82) is 0 Å². The van der Waals surface area contributed by atoms with Crippen LogP contribution in [0.4, 0.5) is 5.69 Å². The van der Waals surface area contributed by atoms with Gasteiger partial charge in [0, 0.05) is 33.7 Å². The first kappa shape index (κ1) is 21.3.